The van der Waals surface area contributed by atoms with E-state index in [4.69, 9.17) is 14.2 Å². The average molecular weight is 417 g/mol. The SMILES string of the molecule is CC(C)(C)CCOCCNC(C)(C)CCC(C)(C)OCCOCCNC(C)(C)C. The van der Waals surface area contributed by atoms with Gasteiger partial charge in [0.25, 0.3) is 0 Å². The van der Waals surface area contributed by atoms with Crippen LogP contribution in [0.25, 0.3) is 0 Å². The largest absolute Gasteiger partial charge is 0.380 e. The van der Waals surface area contributed by atoms with E-state index in [-0.39, 0.29) is 16.7 Å². The molecule has 0 radical (unpaired) electrons. The molecule has 0 heterocycles. The van der Waals surface area contributed by atoms with Gasteiger partial charge in [0, 0.05) is 30.8 Å². The minimum atomic E-state index is -0.144. The summed E-state index contributed by atoms with van der Waals surface area (Å²) in [5.41, 5.74) is 0.409. The Labute approximate surface area is 182 Å². The standard InChI is InChI=1S/C24H52N2O3/c1-21(2,3)13-16-27-18-15-26-23(7,8)11-12-24(9,10)29-20-19-28-17-14-25-22(4,5)6/h25-26H,11-20H2,1-10H3. The molecule has 29 heavy (non-hydrogen) atoms. The summed E-state index contributed by atoms with van der Waals surface area (Å²) in [6.07, 6.45) is 3.15. The van der Waals surface area contributed by atoms with E-state index in [1.165, 1.54) is 0 Å². The van der Waals surface area contributed by atoms with E-state index in [1.807, 2.05) is 0 Å². The van der Waals surface area contributed by atoms with Gasteiger partial charge in [-0.25, -0.2) is 0 Å². The van der Waals surface area contributed by atoms with Crippen LogP contribution in [0.1, 0.15) is 88.5 Å². The van der Waals surface area contributed by atoms with Crippen LogP contribution in [0.3, 0.4) is 0 Å². The molecule has 0 saturated heterocycles. The number of ether oxygens (including phenoxy) is 3. The van der Waals surface area contributed by atoms with Crippen LogP contribution < -0.4 is 10.6 Å². The fraction of sp³-hybridized carbons (Fsp3) is 1.00. The van der Waals surface area contributed by atoms with Gasteiger partial charge in [0.15, 0.2) is 0 Å². The summed E-state index contributed by atoms with van der Waals surface area (Å²) >= 11 is 0. The molecule has 0 aliphatic rings. The molecule has 176 valence electrons. The lowest BCUT2D eigenvalue weighted by atomic mass is 9.91. The van der Waals surface area contributed by atoms with Crippen molar-refractivity contribution in [3.63, 3.8) is 0 Å². The van der Waals surface area contributed by atoms with Crippen LogP contribution in [0.15, 0.2) is 0 Å². The molecule has 0 aliphatic carbocycles. The zero-order valence-corrected chi connectivity index (χ0v) is 21.3. The Morgan fingerprint density at radius 1 is 0.552 bits per heavy atom. The molecule has 0 aromatic heterocycles. The van der Waals surface area contributed by atoms with Crippen LogP contribution in [-0.2, 0) is 14.2 Å². The van der Waals surface area contributed by atoms with Crippen molar-refractivity contribution in [3.8, 4) is 0 Å². The zero-order chi connectivity index (χ0) is 22.6. The van der Waals surface area contributed by atoms with Crippen LogP contribution in [0.5, 0.6) is 0 Å². The molecular formula is C24H52N2O3. The summed E-state index contributed by atoms with van der Waals surface area (Å²) in [6, 6.07) is 0. The fourth-order valence-corrected chi connectivity index (χ4v) is 2.69. The van der Waals surface area contributed by atoms with E-state index in [2.05, 4.69) is 79.9 Å². The maximum absolute atomic E-state index is 6.06. The summed E-state index contributed by atoms with van der Waals surface area (Å²) in [5, 5.41) is 7.04. The molecule has 5 nitrogen and oxygen atoms in total. The quantitative estimate of drug-likeness (QED) is 0.354. The summed E-state index contributed by atoms with van der Waals surface area (Å²) in [6.45, 7) is 27.4. The molecule has 0 saturated carbocycles. The van der Waals surface area contributed by atoms with E-state index >= 15 is 0 Å². The van der Waals surface area contributed by atoms with Gasteiger partial charge in [-0.05, 0) is 73.1 Å². The Morgan fingerprint density at radius 2 is 1.10 bits per heavy atom. The Morgan fingerprint density at radius 3 is 1.66 bits per heavy atom. The van der Waals surface area contributed by atoms with Gasteiger partial charge in [-0.2, -0.15) is 0 Å². The molecule has 0 aliphatic heterocycles. The fourth-order valence-electron chi connectivity index (χ4n) is 2.69. The summed E-state index contributed by atoms with van der Waals surface area (Å²) < 4.78 is 17.5. The molecule has 0 bridgehead atoms. The lowest BCUT2D eigenvalue weighted by molar-refractivity contribution is -0.0536. The summed E-state index contributed by atoms with van der Waals surface area (Å²) in [4.78, 5) is 0. The topological polar surface area (TPSA) is 51.8 Å². The van der Waals surface area contributed by atoms with Gasteiger partial charge in [0.2, 0.25) is 0 Å². The van der Waals surface area contributed by atoms with Crippen molar-refractivity contribution in [2.75, 3.05) is 46.1 Å². The third kappa shape index (κ3) is 20.8. The molecular weight excluding hydrogens is 364 g/mol. The third-order valence-corrected chi connectivity index (χ3v) is 4.82. The van der Waals surface area contributed by atoms with Gasteiger partial charge in [-0.3, -0.25) is 0 Å². The van der Waals surface area contributed by atoms with E-state index in [9.17, 15) is 0 Å². The Hall–Kier alpha value is -0.200. The van der Waals surface area contributed by atoms with Crippen molar-refractivity contribution in [1.29, 1.82) is 0 Å². The van der Waals surface area contributed by atoms with Crippen LogP contribution >= 0.6 is 0 Å². The van der Waals surface area contributed by atoms with E-state index in [0.717, 1.165) is 52.2 Å². The predicted octanol–water partition coefficient (Wildman–Crippen LogP) is 4.79. The summed E-state index contributed by atoms with van der Waals surface area (Å²) in [7, 11) is 0. The van der Waals surface area contributed by atoms with Gasteiger partial charge in [0.1, 0.15) is 0 Å². The minimum absolute atomic E-state index is 0.0726. The molecule has 0 rings (SSSR count). The number of nitrogens with one attached hydrogen (secondary N) is 2. The highest BCUT2D eigenvalue weighted by Crippen LogP contribution is 2.22. The van der Waals surface area contributed by atoms with Crippen molar-refractivity contribution < 1.29 is 14.2 Å². The first kappa shape index (κ1) is 28.8. The second-order valence-electron chi connectivity index (χ2n) is 11.6. The van der Waals surface area contributed by atoms with Gasteiger partial charge in [0.05, 0.1) is 32.0 Å². The Balaban J connectivity index is 3.82. The summed E-state index contributed by atoms with van der Waals surface area (Å²) in [5.74, 6) is 0. The Bertz CT molecular complexity index is 409. The van der Waals surface area contributed by atoms with Crippen LogP contribution in [0.4, 0.5) is 0 Å². The van der Waals surface area contributed by atoms with Crippen molar-refractivity contribution in [1.82, 2.24) is 10.6 Å². The van der Waals surface area contributed by atoms with Crippen LogP contribution in [0.2, 0.25) is 0 Å². The van der Waals surface area contributed by atoms with Crippen molar-refractivity contribution >= 4 is 0 Å². The molecule has 2 N–H and O–H groups in total. The van der Waals surface area contributed by atoms with Gasteiger partial charge in [-0.1, -0.05) is 20.8 Å². The first-order chi connectivity index (χ1) is 13.1. The highest BCUT2D eigenvalue weighted by Gasteiger charge is 2.24. The van der Waals surface area contributed by atoms with Crippen molar-refractivity contribution in [3.05, 3.63) is 0 Å². The molecule has 5 heteroatoms. The van der Waals surface area contributed by atoms with E-state index in [0.29, 0.717) is 18.6 Å². The molecule has 0 aromatic carbocycles. The second kappa shape index (κ2) is 13.3. The monoisotopic (exact) mass is 416 g/mol. The zero-order valence-electron chi connectivity index (χ0n) is 21.3. The molecule has 0 unspecified atom stereocenters. The smallest absolute Gasteiger partial charge is 0.0707 e. The molecule has 0 aromatic rings. The first-order valence-corrected chi connectivity index (χ1v) is 11.4. The third-order valence-electron chi connectivity index (χ3n) is 4.82. The number of rotatable bonds is 16. The van der Waals surface area contributed by atoms with Crippen LogP contribution in [-0.4, -0.2) is 62.8 Å². The van der Waals surface area contributed by atoms with E-state index in [1.54, 1.807) is 0 Å². The molecule has 0 atom stereocenters. The highest BCUT2D eigenvalue weighted by atomic mass is 16.5. The predicted molar refractivity (Wildman–Crippen MR) is 125 cm³/mol. The lowest BCUT2D eigenvalue weighted by Crippen LogP contribution is -2.43. The molecule has 0 spiro atoms. The number of hydrogen-bond acceptors (Lipinski definition) is 5. The van der Waals surface area contributed by atoms with Gasteiger partial charge >= 0.3 is 0 Å². The second-order valence-corrected chi connectivity index (χ2v) is 11.6. The van der Waals surface area contributed by atoms with Gasteiger partial charge in [-0.15, -0.1) is 0 Å². The van der Waals surface area contributed by atoms with Crippen molar-refractivity contribution in [2.45, 2.75) is 105 Å². The first-order valence-electron chi connectivity index (χ1n) is 11.4. The minimum Gasteiger partial charge on any atom is -0.380 e. The van der Waals surface area contributed by atoms with Crippen molar-refractivity contribution in [2.24, 2.45) is 5.41 Å². The molecule has 0 fully saturated rings. The number of hydrogen-bond donors (Lipinski definition) is 2. The average Bonchev–Trinajstić information content (AvgIpc) is 2.53. The van der Waals surface area contributed by atoms with Gasteiger partial charge < -0.3 is 24.8 Å². The van der Waals surface area contributed by atoms with E-state index < -0.39 is 0 Å². The van der Waals surface area contributed by atoms with Crippen LogP contribution in [0, 0.1) is 5.41 Å². The Kier molecular flexibility index (Phi) is 13.2. The maximum Gasteiger partial charge on any atom is 0.0707 e. The lowest BCUT2D eigenvalue weighted by Gasteiger charge is -2.32. The maximum atomic E-state index is 6.06. The highest BCUT2D eigenvalue weighted by molar-refractivity contribution is 4.82. The molecule has 0 amide bonds. The normalized spacial score (nSPS) is 13.9.